The average Bonchev–Trinajstić information content (AvgIpc) is 3.35. The summed E-state index contributed by atoms with van der Waals surface area (Å²) in [5.41, 5.74) is 1.75. The van der Waals surface area contributed by atoms with Crippen molar-refractivity contribution < 1.29 is 22.0 Å². The molecular formula is C26H35F2N3O3S2. The second kappa shape index (κ2) is 11.2. The van der Waals surface area contributed by atoms with E-state index in [4.69, 9.17) is 4.98 Å². The van der Waals surface area contributed by atoms with Gasteiger partial charge in [-0.1, -0.05) is 32.9 Å². The Morgan fingerprint density at radius 2 is 1.83 bits per heavy atom. The quantitative estimate of drug-likeness (QED) is 0.442. The molecule has 0 unspecified atom stereocenters. The summed E-state index contributed by atoms with van der Waals surface area (Å²) in [7, 11) is -3.27. The molecule has 0 bridgehead atoms. The maximum Gasteiger partial charge on any atom is 0.241 e. The lowest BCUT2D eigenvalue weighted by atomic mass is 9.81. The van der Waals surface area contributed by atoms with Gasteiger partial charge in [-0.25, -0.2) is 22.2 Å². The van der Waals surface area contributed by atoms with Crippen LogP contribution >= 0.6 is 11.3 Å². The van der Waals surface area contributed by atoms with E-state index in [0.29, 0.717) is 29.8 Å². The number of halogens is 2. The molecule has 10 heteroatoms. The zero-order valence-corrected chi connectivity index (χ0v) is 22.7. The van der Waals surface area contributed by atoms with Crippen LogP contribution in [0.4, 0.5) is 13.9 Å². The Morgan fingerprint density at radius 3 is 2.42 bits per heavy atom. The molecule has 2 aliphatic rings. The van der Waals surface area contributed by atoms with Crippen molar-refractivity contribution in [2.45, 2.75) is 76.8 Å². The maximum atomic E-state index is 13.0. The van der Waals surface area contributed by atoms with Crippen LogP contribution in [0.15, 0.2) is 29.2 Å². The molecule has 2 heterocycles. The van der Waals surface area contributed by atoms with Gasteiger partial charge in [0.15, 0.2) is 15.0 Å². The van der Waals surface area contributed by atoms with E-state index in [1.807, 2.05) is 0 Å². The van der Waals surface area contributed by atoms with Crippen LogP contribution in [-0.4, -0.2) is 42.9 Å². The van der Waals surface area contributed by atoms with Crippen LogP contribution in [0.5, 0.6) is 0 Å². The molecular weight excluding hydrogens is 504 g/mol. The first-order chi connectivity index (χ1) is 17.1. The molecule has 36 heavy (non-hydrogen) atoms. The molecule has 1 atom stereocenters. The maximum absolute atomic E-state index is 13.0. The SMILES string of the molecule is CCS(=O)(=O)c1ccc(CC(=O)Nc2nc3c(s2)CN(CC2CCC(C(F)F)CC2)[C@H]3C(C)C)cc1. The van der Waals surface area contributed by atoms with Crippen LogP contribution in [-0.2, 0) is 27.6 Å². The van der Waals surface area contributed by atoms with E-state index >= 15 is 0 Å². The molecule has 198 valence electrons. The molecule has 4 rings (SSSR count). The van der Waals surface area contributed by atoms with Gasteiger partial charge >= 0.3 is 0 Å². The number of carbonyl (C=O) groups is 1. The van der Waals surface area contributed by atoms with Crippen molar-refractivity contribution in [1.82, 2.24) is 9.88 Å². The van der Waals surface area contributed by atoms with E-state index in [9.17, 15) is 22.0 Å². The minimum Gasteiger partial charge on any atom is -0.302 e. The van der Waals surface area contributed by atoms with Crippen LogP contribution in [0.2, 0.25) is 0 Å². The fourth-order valence-corrected chi connectivity index (χ4v) is 7.34. The first-order valence-corrected chi connectivity index (χ1v) is 15.2. The third kappa shape index (κ3) is 6.14. The molecule has 2 aromatic rings. The minimum absolute atomic E-state index is 0.0379. The number of thiazole rings is 1. The number of amides is 1. The number of nitrogens with one attached hydrogen (secondary N) is 1. The van der Waals surface area contributed by atoms with Gasteiger partial charge in [-0.2, -0.15) is 0 Å². The van der Waals surface area contributed by atoms with Crippen molar-refractivity contribution in [3.63, 3.8) is 0 Å². The number of alkyl halides is 2. The van der Waals surface area contributed by atoms with Crippen molar-refractivity contribution >= 4 is 32.2 Å². The zero-order valence-electron chi connectivity index (χ0n) is 21.0. The monoisotopic (exact) mass is 539 g/mol. The summed E-state index contributed by atoms with van der Waals surface area (Å²) in [5, 5.41) is 3.49. The average molecular weight is 540 g/mol. The highest BCUT2D eigenvalue weighted by Crippen LogP contribution is 2.44. The Balaban J connectivity index is 1.35. The third-order valence-electron chi connectivity index (χ3n) is 7.39. The number of benzene rings is 1. The van der Waals surface area contributed by atoms with E-state index in [1.54, 1.807) is 31.2 Å². The smallest absolute Gasteiger partial charge is 0.241 e. The lowest BCUT2D eigenvalue weighted by Crippen LogP contribution is -2.33. The molecule has 0 radical (unpaired) electrons. The van der Waals surface area contributed by atoms with E-state index in [2.05, 4.69) is 24.1 Å². The Hall–Kier alpha value is -1.91. The summed E-state index contributed by atoms with van der Waals surface area (Å²) >= 11 is 1.50. The van der Waals surface area contributed by atoms with Gasteiger partial charge in [0.1, 0.15) is 0 Å². The highest BCUT2D eigenvalue weighted by molar-refractivity contribution is 7.91. The number of carbonyl (C=O) groups excluding carboxylic acids is 1. The van der Waals surface area contributed by atoms with Gasteiger partial charge in [0, 0.05) is 23.9 Å². The van der Waals surface area contributed by atoms with Crippen LogP contribution in [0.3, 0.4) is 0 Å². The third-order valence-corrected chi connectivity index (χ3v) is 10.1. The standard InChI is InChI=1S/C26H35F2N3O3S2/c1-4-36(33,34)20-11-7-17(8-12-20)13-22(32)29-26-30-23-21(35-26)15-31(24(23)16(2)3)14-18-5-9-19(10-6-18)25(27)28/h7-8,11-12,16,18-19,24-25H,4-6,9-10,13-15H2,1-3H3,(H,29,30,32)/t18?,19?,24-/m0/s1. The summed E-state index contributed by atoms with van der Waals surface area (Å²) < 4.78 is 50.0. The summed E-state index contributed by atoms with van der Waals surface area (Å²) in [6, 6.07) is 6.59. The predicted octanol–water partition coefficient (Wildman–Crippen LogP) is 5.70. The first kappa shape index (κ1) is 27.1. The van der Waals surface area contributed by atoms with Gasteiger partial charge in [0.2, 0.25) is 12.3 Å². The molecule has 1 fully saturated rings. The first-order valence-electron chi connectivity index (χ1n) is 12.7. The van der Waals surface area contributed by atoms with E-state index in [0.717, 1.165) is 42.1 Å². The van der Waals surface area contributed by atoms with Gasteiger partial charge < -0.3 is 5.32 Å². The highest BCUT2D eigenvalue weighted by Gasteiger charge is 2.38. The van der Waals surface area contributed by atoms with Crippen molar-refractivity contribution in [2.24, 2.45) is 17.8 Å². The van der Waals surface area contributed by atoms with Gasteiger partial charge in [0.05, 0.1) is 28.8 Å². The molecule has 1 aliphatic carbocycles. The summed E-state index contributed by atoms with van der Waals surface area (Å²) in [5.74, 6) is 0.177. The van der Waals surface area contributed by atoms with Gasteiger partial charge in [0.25, 0.3) is 0 Å². The molecule has 1 N–H and O–H groups in total. The lowest BCUT2D eigenvalue weighted by Gasteiger charge is -2.34. The van der Waals surface area contributed by atoms with Crippen molar-refractivity contribution in [3.8, 4) is 0 Å². The molecule has 1 saturated carbocycles. The minimum atomic E-state index is -3.27. The van der Waals surface area contributed by atoms with E-state index in [1.165, 1.54) is 11.3 Å². The summed E-state index contributed by atoms with van der Waals surface area (Å²) in [4.78, 5) is 21.3. The Morgan fingerprint density at radius 1 is 1.17 bits per heavy atom. The van der Waals surface area contributed by atoms with Crippen LogP contribution in [0.1, 0.15) is 68.6 Å². The van der Waals surface area contributed by atoms with Crippen molar-refractivity contribution in [3.05, 3.63) is 40.4 Å². The van der Waals surface area contributed by atoms with Gasteiger partial charge in [-0.15, -0.1) is 11.3 Å². The van der Waals surface area contributed by atoms with Crippen molar-refractivity contribution in [1.29, 1.82) is 0 Å². The number of rotatable bonds is 9. The number of nitrogens with zero attached hydrogens (tertiary/aromatic N) is 2. The fourth-order valence-electron chi connectivity index (χ4n) is 5.42. The van der Waals surface area contributed by atoms with Crippen LogP contribution in [0.25, 0.3) is 0 Å². The molecule has 0 saturated heterocycles. The number of hydrogen-bond acceptors (Lipinski definition) is 6. The Kier molecular flexibility index (Phi) is 8.46. The van der Waals surface area contributed by atoms with E-state index < -0.39 is 22.2 Å². The predicted molar refractivity (Wildman–Crippen MR) is 138 cm³/mol. The number of aromatic nitrogens is 1. The topological polar surface area (TPSA) is 79.4 Å². The highest BCUT2D eigenvalue weighted by atomic mass is 32.2. The number of sulfone groups is 1. The largest absolute Gasteiger partial charge is 0.302 e. The fraction of sp³-hybridized carbons (Fsp3) is 0.615. The van der Waals surface area contributed by atoms with Gasteiger partial charge in [-0.3, -0.25) is 9.69 Å². The van der Waals surface area contributed by atoms with Crippen LogP contribution in [0, 0.1) is 17.8 Å². The molecule has 1 aromatic carbocycles. The second-order valence-corrected chi connectivity index (χ2v) is 13.7. The van der Waals surface area contributed by atoms with Gasteiger partial charge in [-0.05, 0) is 55.2 Å². The zero-order chi connectivity index (χ0) is 26.0. The Bertz CT molecular complexity index is 1160. The van der Waals surface area contributed by atoms with E-state index in [-0.39, 0.29) is 29.0 Å². The van der Waals surface area contributed by atoms with Crippen LogP contribution < -0.4 is 5.32 Å². The second-order valence-electron chi connectivity index (χ2n) is 10.3. The summed E-state index contributed by atoms with van der Waals surface area (Å²) in [6.07, 6.45) is 0.847. The Labute approximate surface area is 216 Å². The normalized spacial score (nSPS) is 22.8. The summed E-state index contributed by atoms with van der Waals surface area (Å²) in [6.45, 7) is 7.61. The van der Waals surface area contributed by atoms with Crippen molar-refractivity contribution in [2.75, 3.05) is 17.6 Å². The molecule has 1 aromatic heterocycles. The molecule has 1 aliphatic heterocycles. The lowest BCUT2D eigenvalue weighted by molar-refractivity contribution is -0.115. The number of hydrogen-bond donors (Lipinski definition) is 1. The number of fused-ring (bicyclic) bond motifs is 1. The molecule has 6 nitrogen and oxygen atoms in total. The number of anilines is 1. The molecule has 0 spiro atoms. The molecule has 1 amide bonds.